The largest absolute Gasteiger partial charge is 0.300 e. The van der Waals surface area contributed by atoms with Crippen molar-refractivity contribution in [1.82, 2.24) is 0 Å². The summed E-state index contributed by atoms with van der Waals surface area (Å²) in [5, 5.41) is 0. The van der Waals surface area contributed by atoms with E-state index >= 15 is 0 Å². The maximum absolute atomic E-state index is 10.7. The lowest BCUT2D eigenvalue weighted by Gasteiger charge is -2.04. The first-order valence-corrected chi connectivity index (χ1v) is 4.19. The molecule has 0 rings (SSSR count). The number of hydrogen-bond donors (Lipinski definition) is 0. The van der Waals surface area contributed by atoms with Crippen LogP contribution < -0.4 is 0 Å². The van der Waals surface area contributed by atoms with Crippen molar-refractivity contribution in [2.75, 3.05) is 0 Å². The van der Waals surface area contributed by atoms with Crippen LogP contribution in [0, 0.1) is 5.92 Å². The Bertz CT molecular complexity index is 105. The molecule has 0 aromatic carbocycles. The SMILES string of the molecule is CCCCC[C@@H](C)C(C)=O.[HH].[HH]. The monoisotopic (exact) mass is 146 g/mol. The van der Waals surface area contributed by atoms with E-state index in [1.807, 2.05) is 6.92 Å². The minimum absolute atomic E-state index is 0. The topological polar surface area (TPSA) is 17.1 Å². The van der Waals surface area contributed by atoms with Crippen molar-refractivity contribution in [2.24, 2.45) is 5.92 Å². The number of carbonyl (C=O) groups is 1. The van der Waals surface area contributed by atoms with Crippen LogP contribution >= 0.6 is 0 Å². The standard InChI is InChI=1S/C9H18O.2H2/c1-4-5-6-7-8(2)9(3)10;;/h8H,4-7H2,1-3H3;2*1H/t8-;;/m1../s1. The minimum atomic E-state index is 0. The van der Waals surface area contributed by atoms with Gasteiger partial charge in [-0.3, -0.25) is 4.79 Å². The van der Waals surface area contributed by atoms with Gasteiger partial charge in [-0.05, 0) is 13.3 Å². The van der Waals surface area contributed by atoms with Crippen LogP contribution in [0.2, 0.25) is 0 Å². The zero-order chi connectivity index (χ0) is 7.98. The average molecular weight is 146 g/mol. The van der Waals surface area contributed by atoms with E-state index in [9.17, 15) is 4.79 Å². The third-order valence-corrected chi connectivity index (χ3v) is 1.93. The highest BCUT2D eigenvalue weighted by atomic mass is 16.1. The van der Waals surface area contributed by atoms with Crippen LogP contribution in [0.5, 0.6) is 0 Å². The van der Waals surface area contributed by atoms with Gasteiger partial charge in [-0.1, -0.05) is 33.1 Å². The molecule has 0 aromatic heterocycles. The quantitative estimate of drug-likeness (QED) is 0.544. The third-order valence-electron chi connectivity index (χ3n) is 1.93. The van der Waals surface area contributed by atoms with Gasteiger partial charge in [0.05, 0.1) is 0 Å². The average Bonchev–Trinajstić information content (AvgIpc) is 1.88. The molecule has 0 saturated carbocycles. The summed E-state index contributed by atoms with van der Waals surface area (Å²) in [5.41, 5.74) is 0. The van der Waals surface area contributed by atoms with Crippen molar-refractivity contribution in [2.45, 2.75) is 46.5 Å². The van der Waals surface area contributed by atoms with Crippen molar-refractivity contribution >= 4 is 5.78 Å². The van der Waals surface area contributed by atoms with Gasteiger partial charge in [-0.15, -0.1) is 0 Å². The molecule has 0 saturated heterocycles. The lowest BCUT2D eigenvalue weighted by Crippen LogP contribution is -2.05. The van der Waals surface area contributed by atoms with Crippen LogP contribution in [0.25, 0.3) is 0 Å². The Morgan fingerprint density at radius 1 is 1.50 bits per heavy atom. The molecule has 0 aromatic rings. The van der Waals surface area contributed by atoms with Gasteiger partial charge in [0, 0.05) is 8.77 Å². The third kappa shape index (κ3) is 4.54. The van der Waals surface area contributed by atoms with Crippen LogP contribution in [-0.4, -0.2) is 5.78 Å². The second-order valence-corrected chi connectivity index (χ2v) is 3.01. The Morgan fingerprint density at radius 3 is 2.50 bits per heavy atom. The predicted molar refractivity (Wildman–Crippen MR) is 48.2 cm³/mol. The van der Waals surface area contributed by atoms with E-state index in [1.54, 1.807) is 6.92 Å². The Hall–Kier alpha value is -0.330. The van der Waals surface area contributed by atoms with E-state index < -0.39 is 0 Å². The molecule has 1 heteroatoms. The fourth-order valence-electron chi connectivity index (χ4n) is 0.904. The van der Waals surface area contributed by atoms with Crippen molar-refractivity contribution in [3.63, 3.8) is 0 Å². The Kier molecular flexibility index (Phi) is 5.27. The highest BCUT2D eigenvalue weighted by Gasteiger charge is 2.05. The summed E-state index contributed by atoms with van der Waals surface area (Å²) in [4.78, 5) is 10.7. The second kappa shape index (κ2) is 5.45. The van der Waals surface area contributed by atoms with Crippen molar-refractivity contribution in [3.8, 4) is 0 Å². The minimum Gasteiger partial charge on any atom is -0.300 e. The van der Waals surface area contributed by atoms with Gasteiger partial charge < -0.3 is 0 Å². The van der Waals surface area contributed by atoms with Gasteiger partial charge in [0.25, 0.3) is 0 Å². The van der Waals surface area contributed by atoms with Crippen LogP contribution in [0.1, 0.15) is 49.3 Å². The molecule has 0 fully saturated rings. The summed E-state index contributed by atoms with van der Waals surface area (Å²) >= 11 is 0. The van der Waals surface area contributed by atoms with Crippen molar-refractivity contribution in [3.05, 3.63) is 0 Å². The summed E-state index contributed by atoms with van der Waals surface area (Å²) in [6.07, 6.45) is 4.78. The molecule has 1 nitrogen and oxygen atoms in total. The summed E-state index contributed by atoms with van der Waals surface area (Å²) < 4.78 is 0. The van der Waals surface area contributed by atoms with Gasteiger partial charge in [0.2, 0.25) is 0 Å². The first-order chi connectivity index (χ1) is 4.68. The fraction of sp³-hybridized carbons (Fsp3) is 0.889. The first-order valence-electron chi connectivity index (χ1n) is 4.19. The van der Waals surface area contributed by atoms with E-state index in [2.05, 4.69) is 6.92 Å². The fourth-order valence-corrected chi connectivity index (χ4v) is 0.904. The molecule has 0 amide bonds. The normalized spacial score (nSPS) is 13.1. The molecular weight excluding hydrogens is 124 g/mol. The summed E-state index contributed by atoms with van der Waals surface area (Å²) in [7, 11) is 0. The van der Waals surface area contributed by atoms with Crippen LogP contribution in [0.15, 0.2) is 0 Å². The van der Waals surface area contributed by atoms with E-state index in [1.165, 1.54) is 19.3 Å². The van der Waals surface area contributed by atoms with Gasteiger partial charge in [-0.2, -0.15) is 0 Å². The molecular formula is C9H22O. The highest BCUT2D eigenvalue weighted by Crippen LogP contribution is 2.09. The molecule has 64 valence electrons. The maximum Gasteiger partial charge on any atom is 0.132 e. The smallest absolute Gasteiger partial charge is 0.132 e. The number of carbonyl (C=O) groups excluding carboxylic acids is 1. The number of hydrogen-bond acceptors (Lipinski definition) is 1. The summed E-state index contributed by atoms with van der Waals surface area (Å²) in [6.45, 7) is 5.87. The summed E-state index contributed by atoms with van der Waals surface area (Å²) in [6, 6.07) is 0. The van der Waals surface area contributed by atoms with Gasteiger partial charge >= 0.3 is 0 Å². The molecule has 0 heterocycles. The highest BCUT2D eigenvalue weighted by molar-refractivity contribution is 5.77. The lowest BCUT2D eigenvalue weighted by atomic mass is 10.0. The van der Waals surface area contributed by atoms with Gasteiger partial charge in [0.1, 0.15) is 5.78 Å². The second-order valence-electron chi connectivity index (χ2n) is 3.01. The Morgan fingerprint density at radius 2 is 2.10 bits per heavy atom. The van der Waals surface area contributed by atoms with E-state index in [-0.39, 0.29) is 8.77 Å². The molecule has 10 heavy (non-hydrogen) atoms. The van der Waals surface area contributed by atoms with E-state index in [0.717, 1.165) is 6.42 Å². The Labute approximate surface area is 66.8 Å². The number of ketones is 1. The molecule has 0 aliphatic rings. The van der Waals surface area contributed by atoms with E-state index in [0.29, 0.717) is 5.78 Å². The Balaban J connectivity index is -0.000000405. The van der Waals surface area contributed by atoms with Gasteiger partial charge in [0.15, 0.2) is 0 Å². The molecule has 0 spiro atoms. The van der Waals surface area contributed by atoms with Crippen LogP contribution in [-0.2, 0) is 4.79 Å². The molecule has 0 N–H and O–H groups in total. The first kappa shape index (κ1) is 9.67. The molecule has 1 atom stereocenters. The van der Waals surface area contributed by atoms with Gasteiger partial charge in [-0.25, -0.2) is 0 Å². The molecule has 0 unspecified atom stereocenters. The molecule has 0 aliphatic carbocycles. The number of rotatable bonds is 5. The number of unbranched alkanes of at least 4 members (excludes halogenated alkanes) is 2. The van der Waals surface area contributed by atoms with E-state index in [4.69, 9.17) is 0 Å². The zero-order valence-corrected chi connectivity index (χ0v) is 7.31. The lowest BCUT2D eigenvalue weighted by molar-refractivity contribution is -0.120. The molecule has 0 bridgehead atoms. The predicted octanol–water partition coefficient (Wildman–Crippen LogP) is 3.28. The van der Waals surface area contributed by atoms with Crippen LogP contribution in [0.3, 0.4) is 0 Å². The van der Waals surface area contributed by atoms with Crippen molar-refractivity contribution in [1.29, 1.82) is 0 Å². The maximum atomic E-state index is 10.7. The zero-order valence-electron chi connectivity index (χ0n) is 7.31. The van der Waals surface area contributed by atoms with Crippen molar-refractivity contribution < 1.29 is 7.65 Å². The van der Waals surface area contributed by atoms with Crippen LogP contribution in [0.4, 0.5) is 0 Å². The molecule has 0 radical (unpaired) electrons. The number of Topliss-reactive ketones (excluding diaryl/α,β-unsaturated/α-hetero) is 1. The molecule has 0 aliphatic heterocycles. The summed E-state index contributed by atoms with van der Waals surface area (Å²) in [5.74, 6) is 0.614.